The molecule has 0 aromatic heterocycles. The summed E-state index contributed by atoms with van der Waals surface area (Å²) in [5.74, 6) is 0. The minimum Gasteiger partial charge on any atom is -0.392 e. The van der Waals surface area contributed by atoms with E-state index in [9.17, 15) is 13.5 Å². The third kappa shape index (κ3) is 3.03. The zero-order valence-electron chi connectivity index (χ0n) is 12.0. The summed E-state index contributed by atoms with van der Waals surface area (Å²) < 4.78 is 27.2. The first-order valence-corrected chi connectivity index (χ1v) is 8.26. The summed E-state index contributed by atoms with van der Waals surface area (Å²) in [6.07, 6.45) is 1.78. The molecular weight excluding hydrogens is 276 g/mol. The molecule has 20 heavy (non-hydrogen) atoms. The van der Waals surface area contributed by atoms with Crippen LogP contribution in [0.4, 0.5) is 0 Å². The van der Waals surface area contributed by atoms with Crippen molar-refractivity contribution in [3.63, 3.8) is 0 Å². The van der Waals surface area contributed by atoms with Gasteiger partial charge in [0.2, 0.25) is 10.0 Å². The molecule has 1 N–H and O–H groups in total. The second kappa shape index (κ2) is 6.22. The van der Waals surface area contributed by atoms with Crippen LogP contribution in [0.2, 0.25) is 0 Å². The fourth-order valence-corrected chi connectivity index (χ4v) is 4.64. The topological polar surface area (TPSA) is 60.9 Å². The fourth-order valence-electron chi connectivity index (χ4n) is 2.74. The van der Waals surface area contributed by atoms with E-state index in [0.717, 1.165) is 19.4 Å². The van der Waals surface area contributed by atoms with Gasteiger partial charge >= 0.3 is 0 Å². The summed E-state index contributed by atoms with van der Waals surface area (Å²) in [7, 11) is 0.369. The molecule has 6 heteroatoms. The molecule has 0 amide bonds. The molecule has 1 atom stereocenters. The number of likely N-dealkylation sites (N-methyl/N-ethyl adjacent to an activating group) is 1. The number of benzene rings is 1. The number of hydrogen-bond donors (Lipinski definition) is 1. The lowest BCUT2D eigenvalue weighted by atomic mass is 10.2. The molecule has 1 aromatic carbocycles. The van der Waals surface area contributed by atoms with E-state index in [0.29, 0.717) is 12.1 Å². The second-order valence-electron chi connectivity index (χ2n) is 5.44. The molecule has 5 nitrogen and oxygen atoms in total. The standard InChI is InChI=1S/C14H22N2O3S/c1-15(2)10-13-7-5-9-16(13)20(18,19)14-8-4-3-6-12(14)11-17/h3-4,6,8,13,17H,5,7,9-11H2,1-2H3. The summed E-state index contributed by atoms with van der Waals surface area (Å²) in [4.78, 5) is 2.24. The van der Waals surface area contributed by atoms with Crippen molar-refractivity contribution in [2.24, 2.45) is 0 Å². The van der Waals surface area contributed by atoms with Gasteiger partial charge in [-0.05, 0) is 38.6 Å². The number of rotatable bonds is 5. The van der Waals surface area contributed by atoms with Crippen molar-refractivity contribution in [1.29, 1.82) is 0 Å². The molecule has 1 saturated heterocycles. The summed E-state index contributed by atoms with van der Waals surface area (Å²) in [5.41, 5.74) is 0.461. The Morgan fingerprint density at radius 1 is 1.35 bits per heavy atom. The van der Waals surface area contributed by atoms with Gasteiger partial charge in [0.1, 0.15) is 0 Å². The SMILES string of the molecule is CN(C)CC1CCCN1S(=O)(=O)c1ccccc1CO. The quantitative estimate of drug-likeness (QED) is 0.877. The molecule has 0 aliphatic carbocycles. The lowest BCUT2D eigenvalue weighted by Crippen LogP contribution is -2.41. The molecule has 1 aliphatic rings. The first-order chi connectivity index (χ1) is 9.46. The molecule has 1 aromatic rings. The van der Waals surface area contributed by atoms with E-state index in [1.807, 2.05) is 19.0 Å². The van der Waals surface area contributed by atoms with Crippen molar-refractivity contribution >= 4 is 10.0 Å². The smallest absolute Gasteiger partial charge is 0.243 e. The molecular formula is C14H22N2O3S. The van der Waals surface area contributed by atoms with Crippen molar-refractivity contribution < 1.29 is 13.5 Å². The van der Waals surface area contributed by atoms with Crippen LogP contribution in [0.15, 0.2) is 29.2 Å². The van der Waals surface area contributed by atoms with Gasteiger partial charge in [0.15, 0.2) is 0 Å². The van der Waals surface area contributed by atoms with Crippen molar-refractivity contribution in [3.8, 4) is 0 Å². The van der Waals surface area contributed by atoms with Crippen LogP contribution in [-0.4, -0.2) is 56.0 Å². The Kier molecular flexibility index (Phi) is 4.80. The second-order valence-corrected chi connectivity index (χ2v) is 7.30. The highest BCUT2D eigenvalue weighted by Crippen LogP contribution is 2.28. The van der Waals surface area contributed by atoms with Crippen molar-refractivity contribution in [2.75, 3.05) is 27.2 Å². The Hall–Kier alpha value is -0.950. The molecule has 0 radical (unpaired) electrons. The van der Waals surface area contributed by atoms with Crippen molar-refractivity contribution in [3.05, 3.63) is 29.8 Å². The maximum absolute atomic E-state index is 12.8. The summed E-state index contributed by atoms with van der Waals surface area (Å²) in [5, 5.41) is 9.34. The van der Waals surface area contributed by atoms with E-state index in [1.54, 1.807) is 28.6 Å². The molecule has 1 aliphatic heterocycles. The molecule has 2 rings (SSSR count). The van der Waals surface area contributed by atoms with Crippen LogP contribution in [-0.2, 0) is 16.6 Å². The highest BCUT2D eigenvalue weighted by atomic mass is 32.2. The van der Waals surface area contributed by atoms with E-state index in [-0.39, 0.29) is 17.5 Å². The van der Waals surface area contributed by atoms with Crippen LogP contribution >= 0.6 is 0 Å². The maximum Gasteiger partial charge on any atom is 0.243 e. The normalized spacial score (nSPS) is 20.7. The predicted octanol–water partition coefficient (Wildman–Crippen LogP) is 0.894. The largest absolute Gasteiger partial charge is 0.392 e. The first kappa shape index (κ1) is 15.4. The zero-order chi connectivity index (χ0) is 14.8. The number of aliphatic hydroxyl groups is 1. The van der Waals surface area contributed by atoms with Crippen LogP contribution < -0.4 is 0 Å². The molecule has 112 valence electrons. The average Bonchev–Trinajstić information content (AvgIpc) is 2.86. The number of nitrogens with zero attached hydrogens (tertiary/aromatic N) is 2. The summed E-state index contributed by atoms with van der Waals surface area (Å²) in [6.45, 7) is 1.02. The fraction of sp³-hybridized carbons (Fsp3) is 0.571. The predicted molar refractivity (Wildman–Crippen MR) is 77.8 cm³/mol. The van der Waals surface area contributed by atoms with Gasteiger partial charge in [-0.3, -0.25) is 0 Å². The van der Waals surface area contributed by atoms with Gasteiger partial charge < -0.3 is 10.0 Å². The molecule has 1 unspecified atom stereocenters. The number of hydrogen-bond acceptors (Lipinski definition) is 4. The first-order valence-electron chi connectivity index (χ1n) is 6.82. The Morgan fingerprint density at radius 2 is 2.05 bits per heavy atom. The Bertz CT molecular complexity index is 557. The molecule has 0 bridgehead atoms. The third-order valence-electron chi connectivity index (χ3n) is 3.63. The molecule has 1 fully saturated rings. The Labute approximate surface area is 120 Å². The van der Waals surface area contributed by atoms with Gasteiger partial charge in [-0.2, -0.15) is 4.31 Å². The minimum absolute atomic E-state index is 0.0155. The van der Waals surface area contributed by atoms with Crippen LogP contribution in [0.1, 0.15) is 18.4 Å². The van der Waals surface area contributed by atoms with Crippen LogP contribution in [0.25, 0.3) is 0 Å². The van der Waals surface area contributed by atoms with E-state index >= 15 is 0 Å². The Morgan fingerprint density at radius 3 is 2.70 bits per heavy atom. The zero-order valence-corrected chi connectivity index (χ0v) is 12.8. The van der Waals surface area contributed by atoms with Gasteiger partial charge in [-0.15, -0.1) is 0 Å². The van der Waals surface area contributed by atoms with Gasteiger partial charge in [-0.1, -0.05) is 18.2 Å². The summed E-state index contributed by atoms with van der Waals surface area (Å²) in [6, 6.07) is 6.69. The van der Waals surface area contributed by atoms with E-state index in [1.165, 1.54) is 0 Å². The average molecular weight is 298 g/mol. The van der Waals surface area contributed by atoms with Crippen molar-refractivity contribution in [1.82, 2.24) is 9.21 Å². The third-order valence-corrected chi connectivity index (χ3v) is 5.68. The molecule has 1 heterocycles. The van der Waals surface area contributed by atoms with Crippen LogP contribution in [0.5, 0.6) is 0 Å². The van der Waals surface area contributed by atoms with Gasteiger partial charge in [-0.25, -0.2) is 8.42 Å². The molecule has 0 spiro atoms. The lowest BCUT2D eigenvalue weighted by molar-refractivity contribution is 0.275. The highest BCUT2D eigenvalue weighted by Gasteiger charge is 2.36. The van der Waals surface area contributed by atoms with Crippen molar-refractivity contribution in [2.45, 2.75) is 30.4 Å². The number of aliphatic hydroxyl groups excluding tert-OH is 1. The number of sulfonamides is 1. The summed E-state index contributed by atoms with van der Waals surface area (Å²) >= 11 is 0. The Balaban J connectivity index is 2.34. The van der Waals surface area contributed by atoms with E-state index in [4.69, 9.17) is 0 Å². The van der Waals surface area contributed by atoms with Gasteiger partial charge in [0.05, 0.1) is 11.5 Å². The monoisotopic (exact) mass is 298 g/mol. The van der Waals surface area contributed by atoms with Crippen LogP contribution in [0.3, 0.4) is 0 Å². The van der Waals surface area contributed by atoms with Gasteiger partial charge in [0, 0.05) is 19.1 Å². The maximum atomic E-state index is 12.8. The van der Waals surface area contributed by atoms with Gasteiger partial charge in [0.25, 0.3) is 0 Å². The van der Waals surface area contributed by atoms with E-state index in [2.05, 4.69) is 0 Å². The van der Waals surface area contributed by atoms with Crippen LogP contribution in [0, 0.1) is 0 Å². The van der Waals surface area contributed by atoms with E-state index < -0.39 is 10.0 Å². The lowest BCUT2D eigenvalue weighted by Gasteiger charge is -2.27. The minimum atomic E-state index is -3.53. The molecule has 0 saturated carbocycles. The highest BCUT2D eigenvalue weighted by molar-refractivity contribution is 7.89.